The van der Waals surface area contributed by atoms with Gasteiger partial charge in [0.15, 0.2) is 0 Å². The Kier molecular flexibility index (Phi) is 6.23. The van der Waals surface area contributed by atoms with E-state index < -0.39 is 23.8 Å². The Morgan fingerprint density at radius 1 is 1.12 bits per heavy atom. The number of aromatic hydroxyl groups is 1. The van der Waals surface area contributed by atoms with Crippen molar-refractivity contribution in [1.82, 2.24) is 20.5 Å². The lowest BCUT2D eigenvalue weighted by molar-refractivity contribution is 0.0927. The van der Waals surface area contributed by atoms with Crippen LogP contribution in [-0.2, 0) is 0 Å². The summed E-state index contributed by atoms with van der Waals surface area (Å²) in [5, 5.41) is 20.0. The quantitative estimate of drug-likeness (QED) is 0.354. The number of nitrogens with two attached hydrogens (primary N) is 1. The predicted molar refractivity (Wildman–Crippen MR) is 118 cm³/mol. The fourth-order valence-electron chi connectivity index (χ4n) is 3.54. The topological polar surface area (TPSA) is 117 Å². The largest absolute Gasteiger partial charge is 0.507 e. The standard InChI is InChI=1S/C24H22FN5O2/c25-17-9-4-10-22(31)23(17)20(12-18(26)16-8-5-11-27-14-16)28-24(32)21-13-19(29-30-21)15-6-2-1-3-7-15/h1-11,13-14,18,20,31H,12,26H2,(H,28,32)(H,29,30). The molecule has 2 aromatic carbocycles. The number of pyridine rings is 1. The van der Waals surface area contributed by atoms with Gasteiger partial charge < -0.3 is 16.2 Å². The van der Waals surface area contributed by atoms with Gasteiger partial charge in [0, 0.05) is 24.0 Å². The van der Waals surface area contributed by atoms with E-state index in [2.05, 4.69) is 20.5 Å². The minimum Gasteiger partial charge on any atom is -0.507 e. The summed E-state index contributed by atoms with van der Waals surface area (Å²) in [4.78, 5) is 17.0. The van der Waals surface area contributed by atoms with E-state index in [0.717, 1.165) is 11.1 Å². The number of phenols is 1. The van der Waals surface area contributed by atoms with Gasteiger partial charge in [0.25, 0.3) is 5.91 Å². The van der Waals surface area contributed by atoms with E-state index in [-0.39, 0.29) is 23.4 Å². The number of aromatic nitrogens is 3. The zero-order valence-electron chi connectivity index (χ0n) is 17.1. The van der Waals surface area contributed by atoms with E-state index >= 15 is 0 Å². The lowest BCUT2D eigenvalue weighted by Crippen LogP contribution is -2.32. The van der Waals surface area contributed by atoms with E-state index in [0.29, 0.717) is 5.69 Å². The molecular weight excluding hydrogens is 409 g/mol. The minimum absolute atomic E-state index is 0.0250. The third-order valence-corrected chi connectivity index (χ3v) is 5.18. The third kappa shape index (κ3) is 4.65. The van der Waals surface area contributed by atoms with Crippen molar-refractivity contribution in [1.29, 1.82) is 0 Å². The first-order valence-electron chi connectivity index (χ1n) is 10.1. The van der Waals surface area contributed by atoms with Gasteiger partial charge in [-0.1, -0.05) is 42.5 Å². The maximum atomic E-state index is 14.6. The SMILES string of the molecule is NC(CC(NC(=O)c1cc(-c2ccccc2)n[nH]1)c1c(O)cccc1F)c1cccnc1. The molecule has 0 aliphatic carbocycles. The second-order valence-electron chi connectivity index (χ2n) is 7.36. The van der Waals surface area contributed by atoms with Crippen molar-refractivity contribution in [2.45, 2.75) is 18.5 Å². The summed E-state index contributed by atoms with van der Waals surface area (Å²) in [7, 11) is 0. The number of H-pyrrole nitrogens is 1. The number of aromatic amines is 1. The molecule has 32 heavy (non-hydrogen) atoms. The average molecular weight is 431 g/mol. The first-order chi connectivity index (χ1) is 15.5. The molecule has 7 nitrogen and oxygen atoms in total. The van der Waals surface area contributed by atoms with E-state index in [4.69, 9.17) is 5.73 Å². The fourth-order valence-corrected chi connectivity index (χ4v) is 3.54. The first-order valence-corrected chi connectivity index (χ1v) is 10.1. The van der Waals surface area contributed by atoms with Gasteiger partial charge in [-0.05, 0) is 36.2 Å². The molecule has 0 aliphatic heterocycles. The minimum atomic E-state index is -0.887. The van der Waals surface area contributed by atoms with E-state index in [9.17, 15) is 14.3 Å². The molecule has 0 radical (unpaired) electrons. The van der Waals surface area contributed by atoms with Crippen molar-refractivity contribution in [3.8, 4) is 17.0 Å². The average Bonchev–Trinajstić information content (AvgIpc) is 3.30. The van der Waals surface area contributed by atoms with E-state index in [1.807, 2.05) is 30.3 Å². The van der Waals surface area contributed by atoms with Crippen LogP contribution in [0, 0.1) is 5.82 Å². The lowest BCUT2D eigenvalue weighted by atomic mass is 9.95. The molecule has 0 aliphatic rings. The number of rotatable bonds is 7. The summed E-state index contributed by atoms with van der Waals surface area (Å²) in [5.41, 5.74) is 8.68. The van der Waals surface area contributed by atoms with Crippen molar-refractivity contribution in [2.75, 3.05) is 0 Å². The molecule has 0 fully saturated rings. The molecule has 0 saturated heterocycles. The van der Waals surface area contributed by atoms with Gasteiger partial charge >= 0.3 is 0 Å². The third-order valence-electron chi connectivity index (χ3n) is 5.18. The van der Waals surface area contributed by atoms with E-state index in [1.165, 1.54) is 18.2 Å². The maximum Gasteiger partial charge on any atom is 0.269 e. The van der Waals surface area contributed by atoms with Gasteiger partial charge in [-0.2, -0.15) is 5.10 Å². The number of carbonyl (C=O) groups is 1. The Labute approximate surface area is 184 Å². The number of benzene rings is 2. The Balaban J connectivity index is 1.60. The van der Waals surface area contributed by atoms with Crippen molar-refractivity contribution in [3.63, 3.8) is 0 Å². The Bertz CT molecular complexity index is 1180. The van der Waals surface area contributed by atoms with Crippen LogP contribution in [0.2, 0.25) is 0 Å². The van der Waals surface area contributed by atoms with Gasteiger partial charge in [-0.15, -0.1) is 0 Å². The van der Waals surface area contributed by atoms with Crippen LogP contribution in [0.25, 0.3) is 11.3 Å². The summed E-state index contributed by atoms with van der Waals surface area (Å²) < 4.78 is 14.6. The van der Waals surface area contributed by atoms with Crippen LogP contribution in [0.3, 0.4) is 0 Å². The lowest BCUT2D eigenvalue weighted by Gasteiger charge is -2.23. The Morgan fingerprint density at radius 3 is 2.66 bits per heavy atom. The number of nitrogens with one attached hydrogen (secondary N) is 2. The van der Waals surface area contributed by atoms with Crippen LogP contribution in [0.4, 0.5) is 4.39 Å². The van der Waals surface area contributed by atoms with Crippen LogP contribution < -0.4 is 11.1 Å². The van der Waals surface area contributed by atoms with Crippen LogP contribution >= 0.6 is 0 Å². The van der Waals surface area contributed by atoms with Crippen LogP contribution in [0.1, 0.15) is 40.1 Å². The summed E-state index contributed by atoms with van der Waals surface area (Å²) in [6.07, 6.45) is 3.39. The Morgan fingerprint density at radius 2 is 1.94 bits per heavy atom. The molecule has 2 aromatic heterocycles. The molecule has 0 saturated carbocycles. The fraction of sp³-hybridized carbons (Fsp3) is 0.125. The highest BCUT2D eigenvalue weighted by Gasteiger charge is 2.26. The highest BCUT2D eigenvalue weighted by atomic mass is 19.1. The molecule has 1 amide bonds. The molecule has 2 unspecified atom stereocenters. The molecule has 2 heterocycles. The summed E-state index contributed by atoms with van der Waals surface area (Å²) in [6, 6.07) is 17.1. The summed E-state index contributed by atoms with van der Waals surface area (Å²) in [5.74, 6) is -1.39. The number of nitrogens with zero attached hydrogens (tertiary/aromatic N) is 2. The number of amides is 1. The van der Waals surface area contributed by atoms with Crippen molar-refractivity contribution < 1.29 is 14.3 Å². The number of hydrogen-bond acceptors (Lipinski definition) is 5. The number of hydrogen-bond donors (Lipinski definition) is 4. The molecule has 0 spiro atoms. The maximum absolute atomic E-state index is 14.6. The van der Waals surface area contributed by atoms with Gasteiger partial charge in [-0.3, -0.25) is 14.9 Å². The van der Waals surface area contributed by atoms with Crippen LogP contribution in [0.5, 0.6) is 5.75 Å². The number of halogens is 1. The summed E-state index contributed by atoms with van der Waals surface area (Å²) >= 11 is 0. The van der Waals surface area contributed by atoms with Gasteiger partial charge in [-0.25, -0.2) is 4.39 Å². The molecule has 2 atom stereocenters. The molecule has 0 bridgehead atoms. The van der Waals surface area contributed by atoms with Gasteiger partial charge in [0.2, 0.25) is 0 Å². The highest BCUT2D eigenvalue weighted by Crippen LogP contribution is 2.32. The second kappa shape index (κ2) is 9.40. The highest BCUT2D eigenvalue weighted by molar-refractivity contribution is 5.93. The van der Waals surface area contributed by atoms with E-state index in [1.54, 1.807) is 30.6 Å². The van der Waals surface area contributed by atoms with Crippen LogP contribution in [-0.4, -0.2) is 26.2 Å². The normalized spacial score (nSPS) is 12.8. The van der Waals surface area contributed by atoms with Crippen molar-refractivity contribution >= 4 is 5.91 Å². The molecule has 5 N–H and O–H groups in total. The second-order valence-corrected chi connectivity index (χ2v) is 7.36. The molecule has 4 aromatic rings. The van der Waals surface area contributed by atoms with Crippen molar-refractivity contribution in [3.05, 3.63) is 102 Å². The molecule has 8 heteroatoms. The molecular formula is C24H22FN5O2. The van der Waals surface area contributed by atoms with Crippen molar-refractivity contribution in [2.24, 2.45) is 5.73 Å². The number of carbonyl (C=O) groups excluding carboxylic acids is 1. The Hall–Kier alpha value is -4.04. The van der Waals surface area contributed by atoms with Gasteiger partial charge in [0.05, 0.1) is 17.3 Å². The monoisotopic (exact) mass is 431 g/mol. The smallest absolute Gasteiger partial charge is 0.269 e. The number of phenolic OH excluding ortho intramolecular Hbond substituents is 1. The predicted octanol–water partition coefficient (Wildman–Crippen LogP) is 3.88. The first kappa shape index (κ1) is 21.2. The van der Waals surface area contributed by atoms with Crippen LogP contribution in [0.15, 0.2) is 79.1 Å². The zero-order chi connectivity index (χ0) is 22.5. The van der Waals surface area contributed by atoms with Gasteiger partial charge in [0.1, 0.15) is 17.3 Å². The molecule has 4 rings (SSSR count). The zero-order valence-corrected chi connectivity index (χ0v) is 17.1. The molecule has 162 valence electrons. The summed E-state index contributed by atoms with van der Waals surface area (Å²) in [6.45, 7) is 0.